The zero-order valence-corrected chi connectivity index (χ0v) is 20.3. The van der Waals surface area contributed by atoms with Crippen LogP contribution >= 0.6 is 23.4 Å². The molecule has 34 heavy (non-hydrogen) atoms. The molecule has 1 aliphatic rings. The molecule has 1 N–H and O–H groups in total. The van der Waals surface area contributed by atoms with Crippen molar-refractivity contribution in [1.29, 1.82) is 0 Å². The van der Waals surface area contributed by atoms with Gasteiger partial charge in [0.05, 0.1) is 27.9 Å². The van der Waals surface area contributed by atoms with E-state index < -0.39 is 5.25 Å². The lowest BCUT2D eigenvalue weighted by Crippen LogP contribution is -2.36. The number of aromatic nitrogens is 2. The lowest BCUT2D eigenvalue weighted by Gasteiger charge is -2.27. The van der Waals surface area contributed by atoms with Crippen molar-refractivity contribution in [3.05, 3.63) is 99.3 Å². The third kappa shape index (κ3) is 4.48. The Hall–Kier alpha value is -3.09. The molecule has 2 atom stereocenters. The zero-order chi connectivity index (χ0) is 23.7. The van der Waals surface area contributed by atoms with Gasteiger partial charge in [-0.1, -0.05) is 65.8 Å². The van der Waals surface area contributed by atoms with E-state index in [1.165, 1.54) is 22.9 Å². The Morgan fingerprint density at radius 1 is 1.12 bits per heavy atom. The molecule has 5 rings (SSSR count). The smallest absolute Gasteiger partial charge is 0.266 e. The minimum absolute atomic E-state index is 0.000172. The molecule has 7 heteroatoms. The maximum absolute atomic E-state index is 13.4. The highest BCUT2D eigenvalue weighted by atomic mass is 35.5. The number of hydrogen-bond acceptors (Lipinski definition) is 4. The number of hydrogen-bond donors (Lipinski definition) is 1. The van der Waals surface area contributed by atoms with Gasteiger partial charge in [-0.15, -0.1) is 0 Å². The van der Waals surface area contributed by atoms with Gasteiger partial charge in [-0.05, 0) is 67.6 Å². The summed E-state index contributed by atoms with van der Waals surface area (Å²) in [6, 6.07) is 22.6. The average molecular weight is 490 g/mol. The third-order valence-corrected chi connectivity index (χ3v) is 7.44. The molecule has 0 aliphatic heterocycles. The summed E-state index contributed by atoms with van der Waals surface area (Å²) in [6.07, 6.45) is 3.01. The van der Waals surface area contributed by atoms with Gasteiger partial charge in [0.25, 0.3) is 5.56 Å². The molecular weight excluding hydrogens is 466 g/mol. The van der Waals surface area contributed by atoms with E-state index >= 15 is 0 Å². The maximum Gasteiger partial charge on any atom is 0.266 e. The van der Waals surface area contributed by atoms with Crippen LogP contribution in [0.4, 0.5) is 0 Å². The minimum atomic E-state index is -0.451. The molecule has 0 radical (unpaired) electrons. The fourth-order valence-electron chi connectivity index (χ4n) is 4.44. The number of carbonyl (C=O) groups excluding carboxylic acids is 1. The van der Waals surface area contributed by atoms with E-state index in [1.54, 1.807) is 28.8 Å². The van der Waals surface area contributed by atoms with Crippen LogP contribution in [0.25, 0.3) is 16.6 Å². The quantitative estimate of drug-likeness (QED) is 0.288. The van der Waals surface area contributed by atoms with Crippen LogP contribution in [0.5, 0.6) is 0 Å². The van der Waals surface area contributed by atoms with Gasteiger partial charge in [0, 0.05) is 5.02 Å². The predicted molar refractivity (Wildman–Crippen MR) is 138 cm³/mol. The molecule has 0 fully saturated rings. The topological polar surface area (TPSA) is 64.0 Å². The van der Waals surface area contributed by atoms with Crippen molar-refractivity contribution in [2.75, 3.05) is 0 Å². The number of nitrogens with zero attached hydrogens (tertiary/aromatic N) is 2. The molecule has 0 bridgehead atoms. The van der Waals surface area contributed by atoms with Gasteiger partial charge in [-0.3, -0.25) is 14.2 Å². The Morgan fingerprint density at radius 2 is 1.91 bits per heavy atom. The number of halogens is 1. The van der Waals surface area contributed by atoms with Crippen molar-refractivity contribution in [3.63, 3.8) is 0 Å². The van der Waals surface area contributed by atoms with Crippen molar-refractivity contribution in [1.82, 2.24) is 14.9 Å². The molecule has 0 spiro atoms. The van der Waals surface area contributed by atoms with Gasteiger partial charge in [-0.2, -0.15) is 0 Å². The highest BCUT2D eigenvalue weighted by molar-refractivity contribution is 8.00. The summed E-state index contributed by atoms with van der Waals surface area (Å²) in [7, 11) is 0. The maximum atomic E-state index is 13.4. The molecule has 3 aromatic carbocycles. The van der Waals surface area contributed by atoms with Crippen LogP contribution in [0.15, 0.2) is 82.7 Å². The molecular formula is C27H24ClN3O2S. The Labute approximate surface area is 207 Å². The standard InChI is InChI=1S/C27H24ClN3O2S/c1-17(25(32)29-23-15-6-9-18-8-2-3-12-21(18)23)34-27-30-24-14-5-4-13-22(24)26(33)31(27)20-11-7-10-19(28)16-20/h2-5,7-8,10-14,16-17,23H,6,9,15H2,1H3,(H,29,32). The van der Waals surface area contributed by atoms with Gasteiger partial charge < -0.3 is 5.32 Å². The van der Waals surface area contributed by atoms with Crippen LogP contribution < -0.4 is 10.9 Å². The highest BCUT2D eigenvalue weighted by Gasteiger charge is 2.25. The van der Waals surface area contributed by atoms with Gasteiger partial charge in [0.15, 0.2) is 5.16 Å². The largest absolute Gasteiger partial charge is 0.348 e. The fraction of sp³-hybridized carbons (Fsp3) is 0.222. The lowest BCUT2D eigenvalue weighted by molar-refractivity contribution is -0.121. The highest BCUT2D eigenvalue weighted by Crippen LogP contribution is 2.31. The van der Waals surface area contributed by atoms with Crippen LogP contribution in [0.3, 0.4) is 0 Å². The first-order valence-electron chi connectivity index (χ1n) is 11.3. The van der Waals surface area contributed by atoms with Crippen molar-refractivity contribution in [2.45, 2.75) is 42.6 Å². The number of fused-ring (bicyclic) bond motifs is 2. The molecule has 0 saturated heterocycles. The molecule has 1 heterocycles. The first-order valence-corrected chi connectivity index (χ1v) is 12.6. The van der Waals surface area contributed by atoms with E-state index in [1.807, 2.05) is 43.3 Å². The van der Waals surface area contributed by atoms with Crippen LogP contribution in [0.1, 0.15) is 36.9 Å². The van der Waals surface area contributed by atoms with Gasteiger partial charge in [0.2, 0.25) is 5.91 Å². The molecule has 2 unspecified atom stereocenters. The number of rotatable bonds is 5. The van der Waals surface area contributed by atoms with Gasteiger partial charge in [0.1, 0.15) is 0 Å². The van der Waals surface area contributed by atoms with Crippen LogP contribution in [-0.4, -0.2) is 20.7 Å². The molecule has 1 amide bonds. The van der Waals surface area contributed by atoms with E-state index in [2.05, 4.69) is 17.4 Å². The van der Waals surface area contributed by atoms with E-state index in [-0.39, 0.29) is 17.5 Å². The summed E-state index contributed by atoms with van der Waals surface area (Å²) in [5.74, 6) is -0.0771. The number of thioether (sulfide) groups is 1. The van der Waals surface area contributed by atoms with Crippen molar-refractivity contribution >= 4 is 40.2 Å². The summed E-state index contributed by atoms with van der Waals surface area (Å²) in [6.45, 7) is 1.85. The number of nitrogens with one attached hydrogen (secondary N) is 1. The first kappa shape index (κ1) is 22.7. The predicted octanol–water partition coefficient (Wildman–Crippen LogP) is 5.71. The van der Waals surface area contributed by atoms with Crippen LogP contribution in [0, 0.1) is 0 Å². The zero-order valence-electron chi connectivity index (χ0n) is 18.7. The molecule has 1 aromatic heterocycles. The van der Waals surface area contributed by atoms with Crippen LogP contribution in [-0.2, 0) is 11.2 Å². The second kappa shape index (κ2) is 9.65. The number of benzene rings is 3. The molecule has 1 aliphatic carbocycles. The van der Waals surface area contributed by atoms with E-state index in [0.717, 1.165) is 19.3 Å². The Bertz CT molecular complexity index is 1440. The van der Waals surface area contributed by atoms with E-state index in [0.29, 0.717) is 26.8 Å². The molecule has 0 saturated carbocycles. The van der Waals surface area contributed by atoms with Gasteiger partial charge in [-0.25, -0.2) is 4.98 Å². The summed E-state index contributed by atoms with van der Waals surface area (Å²) >= 11 is 7.49. The van der Waals surface area contributed by atoms with E-state index in [9.17, 15) is 9.59 Å². The summed E-state index contributed by atoms with van der Waals surface area (Å²) in [4.78, 5) is 31.4. The number of carbonyl (C=O) groups is 1. The van der Waals surface area contributed by atoms with Crippen LogP contribution in [0.2, 0.25) is 5.02 Å². The number of para-hydroxylation sites is 1. The molecule has 4 aromatic rings. The van der Waals surface area contributed by atoms with E-state index in [4.69, 9.17) is 16.6 Å². The SMILES string of the molecule is CC(Sc1nc2ccccc2c(=O)n1-c1cccc(Cl)c1)C(=O)NC1CCCc2ccccc21. The number of aryl methyl sites for hydroxylation is 1. The summed E-state index contributed by atoms with van der Waals surface area (Å²) in [5, 5.41) is 4.26. The lowest BCUT2D eigenvalue weighted by atomic mass is 9.88. The second-order valence-corrected chi connectivity index (χ2v) is 10.2. The summed E-state index contributed by atoms with van der Waals surface area (Å²) in [5.41, 5.74) is 3.52. The fourth-order valence-corrected chi connectivity index (χ4v) is 5.56. The average Bonchev–Trinajstić information content (AvgIpc) is 2.84. The second-order valence-electron chi connectivity index (χ2n) is 8.44. The van der Waals surface area contributed by atoms with Crippen molar-refractivity contribution in [2.24, 2.45) is 0 Å². The van der Waals surface area contributed by atoms with Crippen molar-refractivity contribution < 1.29 is 4.79 Å². The van der Waals surface area contributed by atoms with Gasteiger partial charge >= 0.3 is 0 Å². The Morgan fingerprint density at radius 3 is 2.76 bits per heavy atom. The normalized spacial score (nSPS) is 16.1. The summed E-state index contributed by atoms with van der Waals surface area (Å²) < 4.78 is 1.54. The number of amides is 1. The monoisotopic (exact) mass is 489 g/mol. The first-order chi connectivity index (χ1) is 16.5. The molecule has 5 nitrogen and oxygen atoms in total. The third-order valence-electron chi connectivity index (χ3n) is 6.15. The Kier molecular flexibility index (Phi) is 6.44. The molecule has 172 valence electrons. The minimum Gasteiger partial charge on any atom is -0.348 e. The Balaban J connectivity index is 1.47. The van der Waals surface area contributed by atoms with Crippen molar-refractivity contribution in [3.8, 4) is 5.69 Å².